The van der Waals surface area contributed by atoms with Crippen LogP contribution in [0, 0.1) is 0 Å². The number of nitrogens with zero attached hydrogens (tertiary/aromatic N) is 1. The van der Waals surface area contributed by atoms with Crippen LogP contribution in [-0.2, 0) is 16.1 Å². The third-order valence-electron chi connectivity index (χ3n) is 2.28. The first-order valence-electron chi connectivity index (χ1n) is 5.01. The smallest absolute Gasteiger partial charge is 0.267 e. The Morgan fingerprint density at radius 1 is 1.50 bits per heavy atom. The fourth-order valence-electron chi connectivity index (χ4n) is 1.39. The van der Waals surface area contributed by atoms with Crippen LogP contribution in [0.3, 0.4) is 0 Å². The summed E-state index contributed by atoms with van der Waals surface area (Å²) in [6, 6.07) is 1.88. The highest BCUT2D eigenvalue weighted by Crippen LogP contribution is 2.00. The van der Waals surface area contributed by atoms with Crippen molar-refractivity contribution in [2.24, 2.45) is 5.10 Å². The molecule has 1 aliphatic rings. The molecule has 0 aromatic carbocycles. The molecule has 6 nitrogen and oxygen atoms in total. The Labute approximate surface area is 92.1 Å². The Morgan fingerprint density at radius 2 is 2.38 bits per heavy atom. The molecule has 2 heterocycles. The van der Waals surface area contributed by atoms with Gasteiger partial charge < -0.3 is 10.3 Å². The van der Waals surface area contributed by atoms with Gasteiger partial charge in [0.15, 0.2) is 0 Å². The van der Waals surface area contributed by atoms with Crippen molar-refractivity contribution in [3.05, 3.63) is 24.0 Å². The molecular formula is C10H12N4O2. The summed E-state index contributed by atoms with van der Waals surface area (Å²) in [5, 5.41) is 6.44. The van der Waals surface area contributed by atoms with E-state index in [0.29, 0.717) is 25.1 Å². The molecule has 1 aromatic rings. The van der Waals surface area contributed by atoms with Crippen LogP contribution in [0.15, 0.2) is 23.6 Å². The van der Waals surface area contributed by atoms with Crippen molar-refractivity contribution < 1.29 is 9.59 Å². The quantitative estimate of drug-likeness (QED) is 0.664. The molecule has 0 atom stereocenters. The fourth-order valence-corrected chi connectivity index (χ4v) is 1.39. The van der Waals surface area contributed by atoms with Gasteiger partial charge in [-0.3, -0.25) is 9.59 Å². The zero-order valence-corrected chi connectivity index (χ0v) is 8.62. The molecule has 0 saturated heterocycles. The van der Waals surface area contributed by atoms with Crippen LogP contribution < -0.4 is 10.7 Å². The van der Waals surface area contributed by atoms with E-state index in [4.69, 9.17) is 0 Å². The molecule has 0 unspecified atom stereocenters. The number of hydrazone groups is 1. The molecule has 16 heavy (non-hydrogen) atoms. The van der Waals surface area contributed by atoms with Crippen LogP contribution in [0.1, 0.15) is 18.4 Å². The minimum absolute atomic E-state index is 0.151. The van der Waals surface area contributed by atoms with Crippen molar-refractivity contribution in [1.82, 2.24) is 15.7 Å². The number of hydrogen-bond acceptors (Lipinski definition) is 3. The lowest BCUT2D eigenvalue weighted by Crippen LogP contribution is -2.36. The lowest BCUT2D eigenvalue weighted by atomic mass is 10.1. The van der Waals surface area contributed by atoms with Crippen molar-refractivity contribution in [3.8, 4) is 0 Å². The zero-order chi connectivity index (χ0) is 11.4. The minimum Gasteiger partial charge on any atom is -0.367 e. The van der Waals surface area contributed by atoms with Gasteiger partial charge in [-0.25, -0.2) is 5.43 Å². The van der Waals surface area contributed by atoms with Crippen LogP contribution in [0.25, 0.3) is 0 Å². The number of carbonyl (C=O) groups is 2. The largest absolute Gasteiger partial charge is 0.367 e. The number of nitrogens with one attached hydrogen (secondary N) is 3. The molecule has 0 saturated carbocycles. The van der Waals surface area contributed by atoms with E-state index in [-0.39, 0.29) is 11.8 Å². The molecule has 6 heteroatoms. The zero-order valence-electron chi connectivity index (χ0n) is 8.62. The van der Waals surface area contributed by atoms with Gasteiger partial charge in [0.05, 0.1) is 0 Å². The standard InChI is InChI=1S/C10H12N4O2/c15-9-2-1-8(13-14-9)10(16)12-6-7-3-4-11-5-7/h3-5,11H,1-2,6H2,(H,12,16)(H,14,15). The number of H-pyrrole nitrogens is 1. The summed E-state index contributed by atoms with van der Waals surface area (Å²) in [6.45, 7) is 0.454. The maximum atomic E-state index is 11.6. The van der Waals surface area contributed by atoms with Crippen molar-refractivity contribution in [2.45, 2.75) is 19.4 Å². The summed E-state index contributed by atoms with van der Waals surface area (Å²) in [5.41, 5.74) is 3.65. The normalized spacial score (nSPS) is 15.2. The Kier molecular flexibility index (Phi) is 3.00. The van der Waals surface area contributed by atoms with E-state index in [9.17, 15) is 9.59 Å². The molecule has 0 fully saturated rings. The van der Waals surface area contributed by atoms with Gasteiger partial charge in [0.25, 0.3) is 5.91 Å². The maximum Gasteiger partial charge on any atom is 0.267 e. The van der Waals surface area contributed by atoms with E-state index in [2.05, 4.69) is 20.8 Å². The predicted octanol–water partition coefficient (Wildman–Crippen LogP) is -0.103. The second-order valence-electron chi connectivity index (χ2n) is 3.50. The third-order valence-corrected chi connectivity index (χ3v) is 2.28. The van der Waals surface area contributed by atoms with Crippen LogP contribution >= 0.6 is 0 Å². The van der Waals surface area contributed by atoms with Gasteiger partial charge >= 0.3 is 0 Å². The first-order chi connectivity index (χ1) is 7.75. The number of aromatic amines is 1. The van der Waals surface area contributed by atoms with Crippen LogP contribution in [0.2, 0.25) is 0 Å². The summed E-state index contributed by atoms with van der Waals surface area (Å²) >= 11 is 0. The second-order valence-corrected chi connectivity index (χ2v) is 3.50. The predicted molar refractivity (Wildman–Crippen MR) is 57.5 cm³/mol. The monoisotopic (exact) mass is 220 g/mol. The Balaban J connectivity index is 1.86. The van der Waals surface area contributed by atoms with Gasteiger partial charge in [0.1, 0.15) is 5.71 Å². The molecule has 0 spiro atoms. The average molecular weight is 220 g/mol. The van der Waals surface area contributed by atoms with Crippen LogP contribution in [-0.4, -0.2) is 22.5 Å². The lowest BCUT2D eigenvalue weighted by Gasteiger charge is -2.11. The van der Waals surface area contributed by atoms with E-state index < -0.39 is 0 Å². The highest BCUT2D eigenvalue weighted by molar-refractivity contribution is 6.39. The van der Waals surface area contributed by atoms with Crippen molar-refractivity contribution in [3.63, 3.8) is 0 Å². The minimum atomic E-state index is -0.235. The van der Waals surface area contributed by atoms with Gasteiger partial charge in [-0.1, -0.05) is 0 Å². The van der Waals surface area contributed by atoms with Crippen molar-refractivity contribution in [1.29, 1.82) is 0 Å². The fraction of sp³-hybridized carbons (Fsp3) is 0.300. The number of rotatable bonds is 3. The van der Waals surface area contributed by atoms with Gasteiger partial charge in [-0.15, -0.1) is 0 Å². The first kappa shape index (κ1) is 10.4. The van der Waals surface area contributed by atoms with Crippen molar-refractivity contribution >= 4 is 17.5 Å². The van der Waals surface area contributed by atoms with E-state index in [0.717, 1.165) is 5.56 Å². The molecule has 2 amide bonds. The maximum absolute atomic E-state index is 11.6. The molecular weight excluding hydrogens is 208 g/mol. The Bertz CT molecular complexity index is 422. The van der Waals surface area contributed by atoms with Crippen molar-refractivity contribution in [2.75, 3.05) is 0 Å². The molecule has 0 bridgehead atoms. The van der Waals surface area contributed by atoms with E-state index in [1.807, 2.05) is 12.3 Å². The average Bonchev–Trinajstić information content (AvgIpc) is 2.80. The van der Waals surface area contributed by atoms with Gasteiger partial charge in [0.2, 0.25) is 5.91 Å². The highest BCUT2D eigenvalue weighted by atomic mass is 16.2. The second kappa shape index (κ2) is 4.61. The highest BCUT2D eigenvalue weighted by Gasteiger charge is 2.17. The van der Waals surface area contributed by atoms with Crippen LogP contribution in [0.5, 0.6) is 0 Å². The molecule has 0 radical (unpaired) electrons. The van der Waals surface area contributed by atoms with E-state index in [1.165, 1.54) is 0 Å². The lowest BCUT2D eigenvalue weighted by molar-refractivity contribution is -0.121. The Morgan fingerprint density at radius 3 is 3.00 bits per heavy atom. The van der Waals surface area contributed by atoms with Gasteiger partial charge in [-0.2, -0.15) is 5.10 Å². The molecule has 2 rings (SSSR count). The third kappa shape index (κ3) is 2.47. The summed E-state index contributed by atoms with van der Waals surface area (Å²) in [5.74, 6) is -0.386. The SMILES string of the molecule is O=C1CCC(C(=O)NCc2cc[nH]c2)=NN1. The molecule has 0 aliphatic carbocycles. The van der Waals surface area contributed by atoms with E-state index >= 15 is 0 Å². The summed E-state index contributed by atoms with van der Waals surface area (Å²) in [4.78, 5) is 25.3. The molecule has 3 N–H and O–H groups in total. The summed E-state index contributed by atoms with van der Waals surface area (Å²) in [6.07, 6.45) is 4.31. The Hall–Kier alpha value is -2.11. The number of hydrogen-bond donors (Lipinski definition) is 3. The topological polar surface area (TPSA) is 86.3 Å². The number of carbonyl (C=O) groups excluding carboxylic acids is 2. The summed E-state index contributed by atoms with van der Waals surface area (Å²) in [7, 11) is 0. The molecule has 84 valence electrons. The van der Waals surface area contributed by atoms with Gasteiger partial charge in [0, 0.05) is 31.8 Å². The van der Waals surface area contributed by atoms with Crippen LogP contribution in [0.4, 0.5) is 0 Å². The van der Waals surface area contributed by atoms with E-state index in [1.54, 1.807) is 6.20 Å². The van der Waals surface area contributed by atoms with Gasteiger partial charge in [-0.05, 0) is 11.6 Å². The first-order valence-corrected chi connectivity index (χ1v) is 5.01. The molecule has 1 aliphatic heterocycles. The number of amides is 2. The number of aromatic nitrogens is 1. The summed E-state index contributed by atoms with van der Waals surface area (Å²) < 4.78 is 0. The molecule has 1 aromatic heterocycles.